The highest BCUT2D eigenvalue weighted by Crippen LogP contribution is 2.32. The molecule has 2 aromatic rings. The number of urea groups is 1. The highest BCUT2D eigenvalue weighted by molar-refractivity contribution is 6.36. The number of hydrogen-bond acceptors (Lipinski definition) is 2. The van der Waals surface area contributed by atoms with Crippen molar-refractivity contribution in [3.05, 3.63) is 86.5 Å². The highest BCUT2D eigenvalue weighted by Gasteiger charge is 2.24. The van der Waals surface area contributed by atoms with Crippen molar-refractivity contribution in [2.24, 2.45) is 0 Å². The van der Waals surface area contributed by atoms with Gasteiger partial charge in [-0.1, -0.05) is 71.2 Å². The van der Waals surface area contributed by atoms with E-state index in [9.17, 15) is 4.79 Å². The summed E-state index contributed by atoms with van der Waals surface area (Å²) in [7, 11) is 0. The van der Waals surface area contributed by atoms with Crippen molar-refractivity contribution in [1.29, 1.82) is 0 Å². The smallest absolute Gasteiger partial charge is 0.322 e. The average molecular weight is 491 g/mol. The largest absolute Gasteiger partial charge is 0.337 e. The van der Waals surface area contributed by atoms with Gasteiger partial charge >= 0.3 is 6.03 Å². The van der Waals surface area contributed by atoms with Gasteiger partial charge in [0.25, 0.3) is 0 Å². The third kappa shape index (κ3) is 5.87. The predicted molar refractivity (Wildman–Crippen MR) is 133 cm³/mol. The van der Waals surface area contributed by atoms with Crippen molar-refractivity contribution in [3.8, 4) is 0 Å². The third-order valence-electron chi connectivity index (χ3n) is 5.83. The number of nitrogens with one attached hydrogen (secondary N) is 1. The maximum Gasteiger partial charge on any atom is 0.322 e. The summed E-state index contributed by atoms with van der Waals surface area (Å²) in [4.78, 5) is 16.6. The number of amides is 2. The molecule has 2 aromatic carbocycles. The minimum Gasteiger partial charge on any atom is -0.337 e. The van der Waals surface area contributed by atoms with Gasteiger partial charge in [-0.3, -0.25) is 9.80 Å². The third-order valence-corrected chi connectivity index (χ3v) is 6.72. The molecule has 2 aliphatic rings. The Morgan fingerprint density at radius 2 is 1.56 bits per heavy atom. The molecule has 1 fully saturated rings. The summed E-state index contributed by atoms with van der Waals surface area (Å²) in [5.41, 5.74) is 4.23. The number of benzene rings is 2. The number of allylic oxidation sites excluding steroid dienone is 2. The summed E-state index contributed by atoms with van der Waals surface area (Å²) in [6.45, 7) is 4.16. The highest BCUT2D eigenvalue weighted by atomic mass is 35.5. The monoisotopic (exact) mass is 489 g/mol. The van der Waals surface area contributed by atoms with Crippen LogP contribution in [0.25, 0.3) is 5.57 Å². The molecule has 32 heavy (non-hydrogen) atoms. The van der Waals surface area contributed by atoms with E-state index in [4.69, 9.17) is 34.8 Å². The number of hydrogen-bond donors (Lipinski definition) is 1. The van der Waals surface area contributed by atoms with E-state index in [1.165, 1.54) is 42.0 Å². The van der Waals surface area contributed by atoms with Gasteiger partial charge in [-0.15, -0.1) is 0 Å². The number of halogens is 3. The lowest BCUT2D eigenvalue weighted by molar-refractivity contribution is 0.217. The summed E-state index contributed by atoms with van der Waals surface area (Å²) in [5, 5.41) is 4.49. The molecule has 1 N–H and O–H groups in total. The Labute approximate surface area is 204 Å². The fraction of sp³-hybridized carbons (Fsp3) is 0.320. The normalized spacial score (nSPS) is 17.0. The molecule has 2 heterocycles. The Balaban J connectivity index is 1.28. The Hall–Kier alpha value is -1.98. The van der Waals surface area contributed by atoms with Gasteiger partial charge in [0.05, 0.1) is 6.54 Å². The molecule has 2 aliphatic heterocycles. The summed E-state index contributed by atoms with van der Waals surface area (Å²) in [6, 6.07) is 15.8. The molecule has 0 aliphatic carbocycles. The van der Waals surface area contributed by atoms with Crippen molar-refractivity contribution in [2.45, 2.75) is 25.8 Å². The first-order valence-electron chi connectivity index (χ1n) is 10.9. The van der Waals surface area contributed by atoms with Crippen LogP contribution in [0.4, 0.5) is 4.79 Å². The lowest BCUT2D eigenvalue weighted by Crippen LogP contribution is -2.41. The number of nitrogens with zero attached hydrogens (tertiary/aromatic N) is 2. The standard InChI is InChI=1S/C25H26Cl3N3O/c26-21-9-7-20(8-10-21)22-15-24(28)31(17-23(22)27)25(32)29-12-11-18-3-5-19(6-4-18)16-30-13-1-2-14-30/h3-10,15H,1-2,11-14,16-17H2,(H,29,32). The molecule has 4 nitrogen and oxygen atoms in total. The van der Waals surface area contributed by atoms with Crippen LogP contribution in [0, 0.1) is 0 Å². The molecular weight excluding hydrogens is 465 g/mol. The van der Waals surface area contributed by atoms with Crippen molar-refractivity contribution in [3.63, 3.8) is 0 Å². The zero-order valence-electron chi connectivity index (χ0n) is 17.8. The SMILES string of the molecule is O=C(NCCc1ccc(CN2CCCC2)cc1)N1CC(Cl)=C(c2ccc(Cl)cc2)C=C1Cl. The van der Waals surface area contributed by atoms with Crippen LogP contribution >= 0.6 is 34.8 Å². The Kier molecular flexibility index (Phi) is 7.80. The maximum absolute atomic E-state index is 12.7. The van der Waals surface area contributed by atoms with Crippen LogP contribution in [0.1, 0.15) is 29.5 Å². The summed E-state index contributed by atoms with van der Waals surface area (Å²) in [5.74, 6) is 0. The molecule has 0 radical (unpaired) electrons. The van der Waals surface area contributed by atoms with Gasteiger partial charge in [-0.05, 0) is 67.3 Å². The van der Waals surface area contributed by atoms with Gasteiger partial charge in [-0.2, -0.15) is 0 Å². The van der Waals surface area contributed by atoms with Crippen LogP contribution in [-0.4, -0.2) is 42.0 Å². The summed E-state index contributed by atoms with van der Waals surface area (Å²) in [6.07, 6.45) is 5.08. The Morgan fingerprint density at radius 3 is 2.25 bits per heavy atom. The van der Waals surface area contributed by atoms with E-state index in [-0.39, 0.29) is 12.6 Å². The molecular formula is C25H26Cl3N3O. The molecule has 168 valence electrons. The van der Waals surface area contributed by atoms with Gasteiger partial charge in [-0.25, -0.2) is 4.79 Å². The maximum atomic E-state index is 12.7. The van der Waals surface area contributed by atoms with Gasteiger partial charge < -0.3 is 5.32 Å². The minimum atomic E-state index is -0.259. The van der Waals surface area contributed by atoms with E-state index < -0.39 is 0 Å². The molecule has 0 atom stereocenters. The summed E-state index contributed by atoms with van der Waals surface area (Å²) < 4.78 is 0. The topological polar surface area (TPSA) is 35.6 Å². The number of carbonyl (C=O) groups is 1. The molecule has 0 bridgehead atoms. The fourth-order valence-corrected chi connectivity index (χ4v) is 4.69. The van der Waals surface area contributed by atoms with Crippen molar-refractivity contribution in [1.82, 2.24) is 15.1 Å². The molecule has 0 spiro atoms. The van der Waals surface area contributed by atoms with E-state index in [2.05, 4.69) is 34.5 Å². The molecule has 4 rings (SSSR count). The zero-order valence-corrected chi connectivity index (χ0v) is 20.1. The van der Waals surface area contributed by atoms with Crippen LogP contribution in [0.5, 0.6) is 0 Å². The second kappa shape index (κ2) is 10.8. The van der Waals surface area contributed by atoms with Crippen molar-refractivity contribution >= 4 is 46.4 Å². The van der Waals surface area contributed by atoms with Crippen molar-refractivity contribution < 1.29 is 4.79 Å². The lowest BCUT2D eigenvalue weighted by Gasteiger charge is -2.27. The number of likely N-dealkylation sites (tertiary alicyclic amines) is 1. The first kappa shape index (κ1) is 23.2. The first-order chi connectivity index (χ1) is 15.5. The number of carbonyl (C=O) groups excluding carboxylic acids is 1. The molecule has 0 saturated carbocycles. The molecule has 0 unspecified atom stereocenters. The average Bonchev–Trinajstić information content (AvgIpc) is 3.30. The lowest BCUT2D eigenvalue weighted by atomic mass is 10.0. The van der Waals surface area contributed by atoms with Gasteiger partial charge in [0.2, 0.25) is 0 Å². The minimum absolute atomic E-state index is 0.228. The van der Waals surface area contributed by atoms with E-state index in [0.717, 1.165) is 24.1 Å². The van der Waals surface area contributed by atoms with E-state index in [1.54, 1.807) is 18.2 Å². The quantitative estimate of drug-likeness (QED) is 0.487. The zero-order chi connectivity index (χ0) is 22.5. The van der Waals surface area contributed by atoms with E-state index in [0.29, 0.717) is 21.8 Å². The number of rotatable bonds is 6. The van der Waals surface area contributed by atoms with Crippen LogP contribution < -0.4 is 5.32 Å². The van der Waals surface area contributed by atoms with Crippen LogP contribution in [0.2, 0.25) is 5.02 Å². The molecule has 2 amide bonds. The van der Waals surface area contributed by atoms with E-state index in [1.807, 2.05) is 12.1 Å². The predicted octanol–water partition coefficient (Wildman–Crippen LogP) is 6.23. The van der Waals surface area contributed by atoms with Crippen LogP contribution in [0.15, 0.2) is 64.8 Å². The Morgan fingerprint density at radius 1 is 0.906 bits per heavy atom. The van der Waals surface area contributed by atoms with Gasteiger partial charge in [0, 0.05) is 28.7 Å². The van der Waals surface area contributed by atoms with Gasteiger partial charge in [0.15, 0.2) is 0 Å². The van der Waals surface area contributed by atoms with E-state index >= 15 is 0 Å². The molecule has 0 aromatic heterocycles. The van der Waals surface area contributed by atoms with Crippen LogP contribution in [0.3, 0.4) is 0 Å². The molecule has 1 saturated heterocycles. The van der Waals surface area contributed by atoms with Gasteiger partial charge in [0.1, 0.15) is 5.16 Å². The summed E-state index contributed by atoms with van der Waals surface area (Å²) >= 11 is 18.9. The van der Waals surface area contributed by atoms with Crippen molar-refractivity contribution in [2.75, 3.05) is 26.2 Å². The first-order valence-corrected chi connectivity index (χ1v) is 12.0. The second-order valence-corrected chi connectivity index (χ2v) is 9.44. The van der Waals surface area contributed by atoms with Crippen LogP contribution in [-0.2, 0) is 13.0 Å². The fourth-order valence-electron chi connectivity index (χ4n) is 4.03. The molecule has 7 heteroatoms. The Bertz CT molecular complexity index is 1010. The second-order valence-electron chi connectivity index (χ2n) is 8.16.